The van der Waals surface area contributed by atoms with Gasteiger partial charge < -0.3 is 14.2 Å². The molecule has 2 aromatic carbocycles. The molecule has 3 heteroatoms. The van der Waals surface area contributed by atoms with E-state index < -0.39 is 0 Å². The Kier molecular flexibility index (Phi) is 7.64. The van der Waals surface area contributed by atoms with E-state index in [1.54, 1.807) is 0 Å². The molecule has 0 aromatic heterocycles. The highest BCUT2D eigenvalue weighted by Crippen LogP contribution is 2.48. The van der Waals surface area contributed by atoms with Gasteiger partial charge in [-0.3, -0.25) is 0 Å². The Morgan fingerprint density at radius 3 is 1.68 bits per heavy atom. The summed E-state index contributed by atoms with van der Waals surface area (Å²) in [5.74, 6) is 4.00. The maximum atomic E-state index is 6.32. The molecule has 2 aromatic rings. The van der Waals surface area contributed by atoms with E-state index in [-0.39, 0.29) is 0 Å². The fourth-order valence-electron chi connectivity index (χ4n) is 3.64. The Bertz CT molecular complexity index is 694. The molecule has 1 aliphatic heterocycles. The van der Waals surface area contributed by atoms with E-state index in [4.69, 9.17) is 14.2 Å². The summed E-state index contributed by atoms with van der Waals surface area (Å²) in [5.41, 5.74) is 2.53. The van der Waals surface area contributed by atoms with E-state index >= 15 is 0 Å². The average molecular weight is 383 g/mol. The minimum absolute atomic E-state index is 0.369. The van der Waals surface area contributed by atoms with Gasteiger partial charge >= 0.3 is 0 Å². The molecule has 0 amide bonds. The Hall–Kier alpha value is -2.16. The average Bonchev–Trinajstić information content (AvgIpc) is 2.71. The predicted octanol–water partition coefficient (Wildman–Crippen LogP) is 7.47. The molecule has 152 valence electrons. The van der Waals surface area contributed by atoms with Crippen molar-refractivity contribution in [1.82, 2.24) is 0 Å². The normalized spacial score (nSPS) is 12.8. The SMILES string of the molecule is CCCCOc1ccc2c(c1)Oc1cc(OCCCC)ccc1C2CCCC. The fraction of sp³-hybridized carbons (Fsp3) is 0.520. The minimum Gasteiger partial charge on any atom is -0.493 e. The molecular weight excluding hydrogens is 348 g/mol. The van der Waals surface area contributed by atoms with Crippen LogP contribution in [0.5, 0.6) is 23.0 Å². The molecule has 3 rings (SSSR count). The van der Waals surface area contributed by atoms with Gasteiger partial charge in [0.25, 0.3) is 0 Å². The van der Waals surface area contributed by atoms with Crippen LogP contribution in [0, 0.1) is 0 Å². The molecule has 0 aliphatic carbocycles. The summed E-state index contributed by atoms with van der Waals surface area (Å²) >= 11 is 0. The lowest BCUT2D eigenvalue weighted by Gasteiger charge is -2.29. The summed E-state index contributed by atoms with van der Waals surface area (Å²) in [6.45, 7) is 8.10. The second-order valence-corrected chi connectivity index (χ2v) is 7.60. The highest BCUT2D eigenvalue weighted by Gasteiger charge is 2.27. The lowest BCUT2D eigenvalue weighted by molar-refractivity contribution is 0.305. The minimum atomic E-state index is 0.369. The zero-order valence-electron chi connectivity index (χ0n) is 17.6. The first-order valence-corrected chi connectivity index (χ1v) is 11.0. The van der Waals surface area contributed by atoms with Gasteiger partial charge in [0.15, 0.2) is 0 Å². The number of rotatable bonds is 11. The van der Waals surface area contributed by atoms with Gasteiger partial charge in [0.05, 0.1) is 13.2 Å². The zero-order chi connectivity index (χ0) is 19.8. The molecule has 0 radical (unpaired) electrons. The van der Waals surface area contributed by atoms with Gasteiger partial charge in [0.2, 0.25) is 0 Å². The molecule has 0 spiro atoms. The van der Waals surface area contributed by atoms with Crippen molar-refractivity contribution >= 4 is 0 Å². The molecule has 0 saturated carbocycles. The van der Waals surface area contributed by atoms with E-state index in [0.29, 0.717) is 5.92 Å². The van der Waals surface area contributed by atoms with Gasteiger partial charge in [-0.15, -0.1) is 0 Å². The van der Waals surface area contributed by atoms with Gasteiger partial charge in [-0.2, -0.15) is 0 Å². The van der Waals surface area contributed by atoms with E-state index in [9.17, 15) is 0 Å². The molecule has 28 heavy (non-hydrogen) atoms. The van der Waals surface area contributed by atoms with Crippen LogP contribution in [0.4, 0.5) is 0 Å². The molecule has 0 unspecified atom stereocenters. The summed E-state index contributed by atoms with van der Waals surface area (Å²) in [5, 5.41) is 0. The van der Waals surface area contributed by atoms with Crippen molar-refractivity contribution in [2.75, 3.05) is 13.2 Å². The van der Waals surface area contributed by atoms with Gasteiger partial charge in [-0.1, -0.05) is 58.6 Å². The second-order valence-electron chi connectivity index (χ2n) is 7.60. The Labute approximate surface area is 170 Å². The quantitative estimate of drug-likeness (QED) is 0.377. The predicted molar refractivity (Wildman–Crippen MR) is 115 cm³/mol. The number of hydrogen-bond acceptors (Lipinski definition) is 3. The van der Waals surface area contributed by atoms with Crippen molar-refractivity contribution in [1.29, 1.82) is 0 Å². The van der Waals surface area contributed by atoms with Gasteiger partial charge in [-0.05, 0) is 31.4 Å². The molecule has 1 heterocycles. The summed E-state index contributed by atoms with van der Waals surface area (Å²) in [4.78, 5) is 0. The summed E-state index contributed by atoms with van der Waals surface area (Å²) in [6, 6.07) is 12.7. The Morgan fingerprint density at radius 2 is 1.21 bits per heavy atom. The maximum absolute atomic E-state index is 6.32. The van der Waals surface area contributed by atoms with Crippen LogP contribution in [-0.4, -0.2) is 13.2 Å². The Balaban J connectivity index is 1.85. The lowest BCUT2D eigenvalue weighted by Crippen LogP contribution is -2.11. The maximum Gasteiger partial charge on any atom is 0.134 e. The number of ether oxygens (including phenoxy) is 3. The van der Waals surface area contributed by atoms with E-state index in [2.05, 4.69) is 57.2 Å². The van der Waals surface area contributed by atoms with Crippen LogP contribution in [0.3, 0.4) is 0 Å². The van der Waals surface area contributed by atoms with Gasteiger partial charge in [-0.25, -0.2) is 0 Å². The summed E-state index contributed by atoms with van der Waals surface area (Å²) in [6.07, 6.45) is 7.93. The summed E-state index contributed by atoms with van der Waals surface area (Å²) in [7, 11) is 0. The van der Waals surface area contributed by atoms with Crippen LogP contribution in [-0.2, 0) is 0 Å². The molecule has 3 nitrogen and oxygen atoms in total. The van der Waals surface area contributed by atoms with Crippen LogP contribution < -0.4 is 14.2 Å². The van der Waals surface area contributed by atoms with Crippen molar-refractivity contribution in [3.05, 3.63) is 47.5 Å². The van der Waals surface area contributed by atoms with Crippen molar-refractivity contribution in [2.24, 2.45) is 0 Å². The first kappa shape index (κ1) is 20.6. The molecule has 0 N–H and O–H groups in total. The fourth-order valence-corrected chi connectivity index (χ4v) is 3.64. The molecule has 0 bridgehead atoms. The number of hydrogen-bond donors (Lipinski definition) is 0. The molecule has 0 fully saturated rings. The zero-order valence-corrected chi connectivity index (χ0v) is 17.6. The van der Waals surface area contributed by atoms with Crippen LogP contribution in [0.2, 0.25) is 0 Å². The highest BCUT2D eigenvalue weighted by atomic mass is 16.5. The topological polar surface area (TPSA) is 27.7 Å². The summed E-state index contributed by atoms with van der Waals surface area (Å²) < 4.78 is 18.1. The van der Waals surface area contributed by atoms with Crippen molar-refractivity contribution < 1.29 is 14.2 Å². The first-order valence-electron chi connectivity index (χ1n) is 11.0. The van der Waals surface area contributed by atoms with Crippen LogP contribution in [0.25, 0.3) is 0 Å². The molecule has 0 saturated heterocycles. The van der Waals surface area contributed by atoms with Crippen molar-refractivity contribution in [3.8, 4) is 23.0 Å². The molecule has 1 aliphatic rings. The van der Waals surface area contributed by atoms with Crippen molar-refractivity contribution in [3.63, 3.8) is 0 Å². The largest absolute Gasteiger partial charge is 0.493 e. The molecule has 0 atom stereocenters. The highest BCUT2D eigenvalue weighted by molar-refractivity contribution is 5.57. The lowest BCUT2D eigenvalue weighted by atomic mass is 9.84. The first-order chi connectivity index (χ1) is 13.8. The third kappa shape index (κ3) is 5.01. The van der Waals surface area contributed by atoms with E-state index in [0.717, 1.165) is 68.3 Å². The van der Waals surface area contributed by atoms with Gasteiger partial charge in [0.1, 0.15) is 23.0 Å². The third-order valence-corrected chi connectivity index (χ3v) is 5.32. The van der Waals surface area contributed by atoms with Crippen LogP contribution in [0.15, 0.2) is 36.4 Å². The number of fused-ring (bicyclic) bond motifs is 2. The van der Waals surface area contributed by atoms with E-state index in [1.165, 1.54) is 24.0 Å². The Morgan fingerprint density at radius 1 is 0.714 bits per heavy atom. The van der Waals surface area contributed by atoms with Crippen LogP contribution in [0.1, 0.15) is 82.8 Å². The van der Waals surface area contributed by atoms with E-state index in [1.807, 2.05) is 0 Å². The second kappa shape index (κ2) is 10.4. The van der Waals surface area contributed by atoms with Gasteiger partial charge in [0, 0.05) is 29.2 Å². The van der Waals surface area contributed by atoms with Crippen molar-refractivity contribution in [2.45, 2.75) is 71.6 Å². The number of benzene rings is 2. The smallest absolute Gasteiger partial charge is 0.134 e. The third-order valence-electron chi connectivity index (χ3n) is 5.32. The molecular formula is C25H34O3. The number of unbranched alkanes of at least 4 members (excludes halogenated alkanes) is 3. The monoisotopic (exact) mass is 382 g/mol. The standard InChI is InChI=1S/C25H34O3/c1-4-7-10-21-22-13-11-19(26-15-8-5-2)17-24(22)28-25-18-20(12-14-23(21)25)27-16-9-6-3/h11-14,17-18,21H,4-10,15-16H2,1-3H3. The van der Waals surface area contributed by atoms with Crippen LogP contribution >= 0.6 is 0 Å².